The van der Waals surface area contributed by atoms with Gasteiger partial charge in [0.05, 0.1) is 22.3 Å². The number of rotatable bonds is 24. The lowest BCUT2D eigenvalue weighted by Crippen LogP contribution is -2.28. The molecule has 0 bridgehead atoms. The van der Waals surface area contributed by atoms with Crippen LogP contribution in [0.15, 0.2) is 139 Å². The van der Waals surface area contributed by atoms with Gasteiger partial charge in [-0.3, -0.25) is 19.2 Å². The Kier molecular flexibility index (Phi) is 22.3. The molecule has 8 nitrogen and oxygen atoms in total. The Morgan fingerprint density at radius 3 is 0.803 bits per heavy atom. The molecule has 4 N–H and O–H groups in total. The van der Waals surface area contributed by atoms with Gasteiger partial charge in [0.1, 0.15) is 0 Å². The molecule has 0 radical (unpaired) electrons. The summed E-state index contributed by atoms with van der Waals surface area (Å²) >= 11 is 0. The molecular formula is C53H72O8. The lowest BCUT2D eigenvalue weighted by molar-refractivity contribution is -0.121. The van der Waals surface area contributed by atoms with Gasteiger partial charge in [0.2, 0.25) is 23.1 Å². The van der Waals surface area contributed by atoms with Crippen LogP contribution in [-0.2, 0) is 19.2 Å². The van der Waals surface area contributed by atoms with Crippen molar-refractivity contribution in [2.45, 2.75) is 166 Å². The van der Waals surface area contributed by atoms with Crippen LogP contribution in [0.25, 0.3) is 0 Å². The third-order valence-electron chi connectivity index (χ3n) is 11.1. The molecule has 0 saturated heterocycles. The van der Waals surface area contributed by atoms with E-state index in [2.05, 4.69) is 91.8 Å². The molecule has 0 unspecified atom stereocenters. The highest BCUT2D eigenvalue weighted by molar-refractivity contribution is 6.26. The summed E-state index contributed by atoms with van der Waals surface area (Å²) < 4.78 is 0. The second kappa shape index (κ2) is 26.2. The molecule has 2 aliphatic carbocycles. The summed E-state index contributed by atoms with van der Waals surface area (Å²) in [4.78, 5) is 52.8. The van der Waals surface area contributed by atoms with E-state index in [-0.39, 0.29) is 24.0 Å². The number of ketones is 4. The van der Waals surface area contributed by atoms with Crippen molar-refractivity contribution in [2.24, 2.45) is 0 Å². The first-order valence-electron chi connectivity index (χ1n) is 21.8. The van der Waals surface area contributed by atoms with E-state index in [1.165, 1.54) is 33.4 Å². The third-order valence-corrected chi connectivity index (χ3v) is 11.1. The van der Waals surface area contributed by atoms with Crippen molar-refractivity contribution >= 4 is 23.1 Å². The van der Waals surface area contributed by atoms with Crippen molar-refractivity contribution in [2.75, 3.05) is 0 Å². The van der Waals surface area contributed by atoms with Crippen LogP contribution in [-0.4, -0.2) is 43.6 Å². The maximum Gasteiger partial charge on any atom is 0.227 e. The fourth-order valence-corrected chi connectivity index (χ4v) is 6.96. The van der Waals surface area contributed by atoms with E-state index in [4.69, 9.17) is 0 Å². The van der Waals surface area contributed by atoms with E-state index in [1.54, 1.807) is 12.2 Å². The fourth-order valence-electron chi connectivity index (χ4n) is 6.96. The molecule has 0 spiro atoms. The zero-order chi connectivity index (χ0) is 45.8. The van der Waals surface area contributed by atoms with Crippen LogP contribution in [0.5, 0.6) is 0 Å². The van der Waals surface area contributed by atoms with Crippen LogP contribution >= 0.6 is 0 Å². The van der Waals surface area contributed by atoms with Gasteiger partial charge in [-0.1, -0.05) is 93.2 Å². The molecule has 0 aromatic carbocycles. The maximum absolute atomic E-state index is 13.2. The summed E-state index contributed by atoms with van der Waals surface area (Å²) in [6, 6.07) is 0. The molecule has 332 valence electrons. The van der Waals surface area contributed by atoms with Gasteiger partial charge in [0, 0.05) is 6.42 Å². The first-order valence-corrected chi connectivity index (χ1v) is 21.8. The molecule has 2 rings (SSSR count). The number of aliphatic hydroxyl groups excluding tert-OH is 4. The second-order valence-electron chi connectivity index (χ2n) is 17.3. The number of Topliss-reactive ketones (excluding diaryl/α,β-unsaturated/α-hetero) is 4. The minimum atomic E-state index is -1.10. The molecule has 0 fully saturated rings. The summed E-state index contributed by atoms with van der Waals surface area (Å²) in [6.07, 6.45) is 26.9. The molecule has 0 atom stereocenters. The molecule has 0 aromatic rings. The molecule has 2 aliphatic rings. The highest BCUT2D eigenvalue weighted by atomic mass is 16.3. The first-order chi connectivity index (χ1) is 28.7. The molecular weight excluding hydrogens is 765 g/mol. The molecule has 8 heteroatoms. The Bertz CT molecular complexity index is 1900. The molecule has 0 aliphatic heterocycles. The van der Waals surface area contributed by atoms with E-state index in [0.29, 0.717) is 12.8 Å². The normalized spacial score (nSPS) is 16.8. The predicted octanol–water partition coefficient (Wildman–Crippen LogP) is 14.0. The van der Waals surface area contributed by atoms with Crippen molar-refractivity contribution in [3.05, 3.63) is 139 Å². The summed E-state index contributed by atoms with van der Waals surface area (Å²) in [6.45, 7) is 20.7. The minimum Gasteiger partial charge on any atom is -0.504 e. The second-order valence-corrected chi connectivity index (χ2v) is 17.3. The fraction of sp³-hybridized carbons (Fsp3) is 0.472. The lowest BCUT2D eigenvalue weighted by atomic mass is 9.83. The topological polar surface area (TPSA) is 149 Å². The van der Waals surface area contributed by atoms with Crippen LogP contribution in [0.1, 0.15) is 166 Å². The smallest absolute Gasteiger partial charge is 0.227 e. The first kappa shape index (κ1) is 51.9. The zero-order valence-electron chi connectivity index (χ0n) is 38.6. The lowest BCUT2D eigenvalue weighted by Gasteiger charge is -2.21. The van der Waals surface area contributed by atoms with E-state index >= 15 is 0 Å². The van der Waals surface area contributed by atoms with Crippen LogP contribution < -0.4 is 0 Å². The van der Waals surface area contributed by atoms with Gasteiger partial charge in [-0.15, -0.1) is 0 Å². The number of aliphatic hydroxyl groups is 4. The van der Waals surface area contributed by atoms with Crippen molar-refractivity contribution in [1.82, 2.24) is 0 Å². The van der Waals surface area contributed by atoms with E-state index in [1.807, 2.05) is 13.8 Å². The number of carbonyl (C=O) groups excluding carboxylic acids is 4. The minimum absolute atomic E-state index is 0.102. The summed E-state index contributed by atoms with van der Waals surface area (Å²) in [5.74, 6) is -7.90. The number of carbonyl (C=O) groups is 4. The van der Waals surface area contributed by atoms with Crippen molar-refractivity contribution < 1.29 is 39.6 Å². The van der Waals surface area contributed by atoms with Crippen LogP contribution in [0, 0.1) is 0 Å². The maximum atomic E-state index is 13.2. The summed E-state index contributed by atoms with van der Waals surface area (Å²) in [5.41, 5.74) is 7.99. The summed E-state index contributed by atoms with van der Waals surface area (Å²) in [5, 5.41) is 43.2. The van der Waals surface area contributed by atoms with Gasteiger partial charge in [-0.05, 0) is 159 Å². The summed E-state index contributed by atoms with van der Waals surface area (Å²) in [7, 11) is 0. The average molecular weight is 837 g/mol. The number of hydrogen-bond donors (Lipinski definition) is 4. The average Bonchev–Trinajstić information content (AvgIpc) is 3.18. The van der Waals surface area contributed by atoms with E-state index in [9.17, 15) is 39.6 Å². The highest BCUT2D eigenvalue weighted by Crippen LogP contribution is 2.34. The molecule has 61 heavy (non-hydrogen) atoms. The van der Waals surface area contributed by atoms with Crippen LogP contribution in [0.4, 0.5) is 0 Å². The highest BCUT2D eigenvalue weighted by Gasteiger charge is 2.39. The Morgan fingerprint density at radius 1 is 0.328 bits per heavy atom. The van der Waals surface area contributed by atoms with Gasteiger partial charge in [0.15, 0.2) is 23.0 Å². The van der Waals surface area contributed by atoms with Gasteiger partial charge in [-0.25, -0.2) is 0 Å². The largest absolute Gasteiger partial charge is 0.504 e. The molecule has 0 aromatic heterocycles. The van der Waals surface area contributed by atoms with Crippen LogP contribution in [0.2, 0.25) is 0 Å². The SMILES string of the molecule is CC(C)=CCC/C(C)=C/CC/C(C)=C/CC/C(C)=C/CC1=C(O)C(=O)C(CC2=C(O)C(=O)C(C/C=C(\C)CC/C=C(\C)CC/C=C(\C)CCC=C(C)C)=C(O)C2=O)=C(O)C1=O. The van der Waals surface area contributed by atoms with Crippen molar-refractivity contribution in [3.63, 3.8) is 0 Å². The standard InChI is InChI=1S/C53H72O8/c1-34(2)17-11-19-36(5)21-13-23-38(7)25-15-27-40(9)29-31-42-46(54)50(58)44(51(59)47(42)55)33-45-52(60)48(56)43(49(57)53(45)61)32-30-41(10)28-16-26-39(8)24-14-22-37(6)20-12-18-35(3)4/h17-18,21-22,25-26,29-30,54,56,59,61H,11-16,19-20,23-24,27-28,31-33H2,1-10H3/b36-21+,37-22+,38-25+,39-26+,40-29+,41-30+. The quantitative estimate of drug-likeness (QED) is 0.0554. The third kappa shape index (κ3) is 17.7. The van der Waals surface area contributed by atoms with Gasteiger partial charge in [-0.2, -0.15) is 0 Å². The number of hydrogen-bond acceptors (Lipinski definition) is 8. The Morgan fingerprint density at radius 2 is 0.541 bits per heavy atom. The van der Waals surface area contributed by atoms with Gasteiger partial charge < -0.3 is 20.4 Å². The van der Waals surface area contributed by atoms with Gasteiger partial charge >= 0.3 is 0 Å². The van der Waals surface area contributed by atoms with E-state index < -0.39 is 63.7 Å². The van der Waals surface area contributed by atoms with Crippen molar-refractivity contribution in [3.8, 4) is 0 Å². The molecule has 0 heterocycles. The Balaban J connectivity index is 1.99. The molecule has 0 amide bonds. The van der Waals surface area contributed by atoms with Crippen molar-refractivity contribution in [1.29, 1.82) is 0 Å². The zero-order valence-corrected chi connectivity index (χ0v) is 38.6. The monoisotopic (exact) mass is 837 g/mol. The van der Waals surface area contributed by atoms with Gasteiger partial charge in [0.25, 0.3) is 0 Å². The Labute approximate surface area is 365 Å². The molecule has 0 saturated carbocycles. The number of allylic oxidation sites excluding steroid dienone is 20. The predicted molar refractivity (Wildman–Crippen MR) is 249 cm³/mol. The Hall–Kier alpha value is -5.24. The van der Waals surface area contributed by atoms with E-state index in [0.717, 1.165) is 75.4 Å². The van der Waals surface area contributed by atoms with Crippen LogP contribution in [0.3, 0.4) is 0 Å².